The second kappa shape index (κ2) is 4.94. The molecule has 0 aromatic heterocycles. The first-order valence-corrected chi connectivity index (χ1v) is 6.82. The fourth-order valence-electron chi connectivity index (χ4n) is 2.77. The van der Waals surface area contributed by atoms with E-state index in [4.69, 9.17) is 9.47 Å². The fourth-order valence-corrected chi connectivity index (χ4v) is 2.77. The highest BCUT2D eigenvalue weighted by Crippen LogP contribution is 2.30. The van der Waals surface area contributed by atoms with Gasteiger partial charge in [0.05, 0.1) is 19.8 Å². The van der Waals surface area contributed by atoms with Crippen molar-refractivity contribution in [2.45, 2.75) is 25.6 Å². The van der Waals surface area contributed by atoms with Crippen LogP contribution in [0.1, 0.15) is 28.8 Å². The van der Waals surface area contributed by atoms with E-state index in [-0.39, 0.29) is 5.91 Å². The van der Waals surface area contributed by atoms with Gasteiger partial charge in [0.15, 0.2) is 5.79 Å². The van der Waals surface area contributed by atoms with Crippen LogP contribution in [0.25, 0.3) is 0 Å². The Morgan fingerprint density at radius 1 is 1.21 bits per heavy atom. The van der Waals surface area contributed by atoms with Crippen LogP contribution in [-0.4, -0.2) is 42.9 Å². The molecule has 1 amide bonds. The van der Waals surface area contributed by atoms with Crippen molar-refractivity contribution in [3.63, 3.8) is 0 Å². The Hall–Kier alpha value is -1.39. The van der Waals surface area contributed by atoms with Crippen molar-refractivity contribution in [2.75, 3.05) is 26.3 Å². The van der Waals surface area contributed by atoms with Crippen LogP contribution in [0.5, 0.6) is 0 Å². The average Bonchev–Trinajstić information content (AvgIpc) is 2.87. The first-order chi connectivity index (χ1) is 9.19. The molecule has 2 heterocycles. The Kier molecular flexibility index (Phi) is 3.29. The molecule has 0 radical (unpaired) electrons. The number of hydrogen-bond acceptors (Lipinski definition) is 3. The minimum Gasteiger partial charge on any atom is -0.346 e. The van der Waals surface area contributed by atoms with Gasteiger partial charge >= 0.3 is 0 Å². The Labute approximate surface area is 113 Å². The molecule has 1 aromatic rings. The highest BCUT2D eigenvalue weighted by molar-refractivity contribution is 5.94. The summed E-state index contributed by atoms with van der Waals surface area (Å²) < 4.78 is 11.4. The van der Waals surface area contributed by atoms with Crippen LogP contribution in [-0.2, 0) is 9.47 Å². The summed E-state index contributed by atoms with van der Waals surface area (Å²) >= 11 is 0. The third-order valence-electron chi connectivity index (χ3n) is 3.82. The quantitative estimate of drug-likeness (QED) is 0.776. The molecular formula is C15H19NO3. The van der Waals surface area contributed by atoms with Crippen LogP contribution in [0.4, 0.5) is 0 Å². The number of amides is 1. The fraction of sp³-hybridized carbons (Fsp3) is 0.533. The van der Waals surface area contributed by atoms with Gasteiger partial charge in [0, 0.05) is 18.5 Å². The molecule has 0 unspecified atom stereocenters. The standard InChI is InChI=1S/C15H19NO3/c1-12-3-5-13(6-4-12)14(17)16-8-2-7-15(11-16)18-9-10-19-15/h3-6H,2,7-11H2,1H3. The smallest absolute Gasteiger partial charge is 0.254 e. The third kappa shape index (κ3) is 2.51. The largest absolute Gasteiger partial charge is 0.346 e. The molecule has 2 saturated heterocycles. The minimum absolute atomic E-state index is 0.0678. The van der Waals surface area contributed by atoms with E-state index in [1.54, 1.807) is 0 Å². The number of rotatable bonds is 1. The summed E-state index contributed by atoms with van der Waals surface area (Å²) in [5.41, 5.74) is 1.90. The van der Waals surface area contributed by atoms with E-state index in [2.05, 4.69) is 0 Å². The van der Waals surface area contributed by atoms with Crippen LogP contribution in [0, 0.1) is 6.92 Å². The zero-order valence-corrected chi connectivity index (χ0v) is 11.2. The molecule has 4 nitrogen and oxygen atoms in total. The SMILES string of the molecule is Cc1ccc(C(=O)N2CCCC3(C2)OCCO3)cc1. The maximum absolute atomic E-state index is 12.5. The molecule has 19 heavy (non-hydrogen) atoms. The second-order valence-electron chi connectivity index (χ2n) is 5.30. The van der Waals surface area contributed by atoms with Crippen LogP contribution in [0.15, 0.2) is 24.3 Å². The number of likely N-dealkylation sites (tertiary alicyclic amines) is 1. The zero-order valence-electron chi connectivity index (χ0n) is 11.2. The molecule has 2 fully saturated rings. The topological polar surface area (TPSA) is 38.8 Å². The van der Waals surface area contributed by atoms with Gasteiger partial charge in [-0.3, -0.25) is 4.79 Å². The van der Waals surface area contributed by atoms with Crippen molar-refractivity contribution in [3.8, 4) is 0 Å². The second-order valence-corrected chi connectivity index (χ2v) is 5.30. The van der Waals surface area contributed by atoms with Crippen LogP contribution in [0.2, 0.25) is 0 Å². The van der Waals surface area contributed by atoms with E-state index in [0.717, 1.165) is 30.5 Å². The van der Waals surface area contributed by atoms with Crippen LogP contribution >= 0.6 is 0 Å². The Bertz CT molecular complexity index is 463. The van der Waals surface area contributed by atoms with Crippen molar-refractivity contribution in [1.29, 1.82) is 0 Å². The van der Waals surface area contributed by atoms with E-state index < -0.39 is 5.79 Å². The average molecular weight is 261 g/mol. The summed E-state index contributed by atoms with van der Waals surface area (Å²) in [6, 6.07) is 7.70. The lowest BCUT2D eigenvalue weighted by molar-refractivity contribution is -0.183. The predicted molar refractivity (Wildman–Crippen MR) is 71.0 cm³/mol. The van der Waals surface area contributed by atoms with E-state index in [1.165, 1.54) is 0 Å². The summed E-state index contributed by atoms with van der Waals surface area (Å²) in [5.74, 6) is -0.475. The summed E-state index contributed by atoms with van der Waals surface area (Å²) in [6.45, 7) is 4.60. The Morgan fingerprint density at radius 3 is 2.58 bits per heavy atom. The lowest BCUT2D eigenvalue weighted by Crippen LogP contribution is -2.51. The number of piperidine rings is 1. The van der Waals surface area contributed by atoms with Gasteiger partial charge < -0.3 is 14.4 Å². The Morgan fingerprint density at radius 2 is 1.89 bits per heavy atom. The highest BCUT2D eigenvalue weighted by atomic mass is 16.7. The number of nitrogens with zero attached hydrogens (tertiary/aromatic N) is 1. The molecule has 2 aliphatic rings. The molecule has 4 heteroatoms. The van der Waals surface area contributed by atoms with E-state index in [9.17, 15) is 4.79 Å². The van der Waals surface area contributed by atoms with Crippen molar-refractivity contribution in [1.82, 2.24) is 4.90 Å². The lowest BCUT2D eigenvalue weighted by atomic mass is 10.0. The van der Waals surface area contributed by atoms with Crippen molar-refractivity contribution in [2.24, 2.45) is 0 Å². The van der Waals surface area contributed by atoms with E-state index >= 15 is 0 Å². The first-order valence-electron chi connectivity index (χ1n) is 6.82. The maximum atomic E-state index is 12.5. The third-order valence-corrected chi connectivity index (χ3v) is 3.82. The normalized spacial score (nSPS) is 21.8. The predicted octanol–water partition coefficient (Wildman–Crippen LogP) is 1.97. The first kappa shape index (κ1) is 12.6. The van der Waals surface area contributed by atoms with E-state index in [1.807, 2.05) is 36.1 Å². The van der Waals surface area contributed by atoms with Gasteiger partial charge in [0.25, 0.3) is 5.91 Å². The molecule has 0 bridgehead atoms. The number of ether oxygens (including phenoxy) is 2. The molecular weight excluding hydrogens is 242 g/mol. The molecule has 0 saturated carbocycles. The van der Waals surface area contributed by atoms with Crippen LogP contribution < -0.4 is 0 Å². The number of carbonyl (C=O) groups excluding carboxylic acids is 1. The van der Waals surface area contributed by atoms with Crippen molar-refractivity contribution in [3.05, 3.63) is 35.4 Å². The van der Waals surface area contributed by atoms with E-state index in [0.29, 0.717) is 19.8 Å². The minimum atomic E-state index is -0.543. The number of carbonyl (C=O) groups is 1. The number of aryl methyl sites for hydroxylation is 1. The summed E-state index contributed by atoms with van der Waals surface area (Å²) in [5, 5.41) is 0. The molecule has 102 valence electrons. The van der Waals surface area contributed by atoms with Crippen molar-refractivity contribution < 1.29 is 14.3 Å². The van der Waals surface area contributed by atoms with Crippen LogP contribution in [0.3, 0.4) is 0 Å². The molecule has 0 N–H and O–H groups in total. The highest BCUT2D eigenvalue weighted by Gasteiger charge is 2.42. The van der Waals surface area contributed by atoms with Crippen molar-refractivity contribution >= 4 is 5.91 Å². The van der Waals surface area contributed by atoms with Gasteiger partial charge in [-0.15, -0.1) is 0 Å². The molecule has 2 aliphatic heterocycles. The van der Waals surface area contributed by atoms with Gasteiger partial charge in [0.1, 0.15) is 0 Å². The summed E-state index contributed by atoms with van der Waals surface area (Å²) in [4.78, 5) is 14.3. The molecule has 1 aromatic carbocycles. The summed E-state index contributed by atoms with van der Waals surface area (Å²) in [6.07, 6.45) is 1.81. The van der Waals surface area contributed by atoms with Gasteiger partial charge in [-0.2, -0.15) is 0 Å². The Balaban J connectivity index is 1.74. The molecule has 3 rings (SSSR count). The number of hydrogen-bond donors (Lipinski definition) is 0. The number of benzene rings is 1. The zero-order chi connectivity index (χ0) is 13.3. The van der Waals surface area contributed by atoms with Gasteiger partial charge in [-0.05, 0) is 25.5 Å². The van der Waals surface area contributed by atoms with Gasteiger partial charge in [0.2, 0.25) is 0 Å². The monoisotopic (exact) mass is 261 g/mol. The lowest BCUT2D eigenvalue weighted by Gasteiger charge is -2.38. The van der Waals surface area contributed by atoms with Gasteiger partial charge in [-0.25, -0.2) is 0 Å². The maximum Gasteiger partial charge on any atom is 0.254 e. The van der Waals surface area contributed by atoms with Gasteiger partial charge in [-0.1, -0.05) is 17.7 Å². The summed E-state index contributed by atoms with van der Waals surface area (Å²) in [7, 11) is 0. The molecule has 0 atom stereocenters. The molecule has 1 spiro atoms. The molecule has 0 aliphatic carbocycles.